The number of piperidine rings is 1. The van der Waals surface area contributed by atoms with E-state index in [1.54, 1.807) is 11.3 Å². The number of morpholine rings is 1. The van der Waals surface area contributed by atoms with Gasteiger partial charge in [-0.1, -0.05) is 0 Å². The van der Waals surface area contributed by atoms with Crippen LogP contribution in [0.3, 0.4) is 0 Å². The average molecular weight is 364 g/mol. The van der Waals surface area contributed by atoms with Crippen LogP contribution in [0.15, 0.2) is 16.8 Å². The first-order chi connectivity index (χ1) is 12.2. The summed E-state index contributed by atoms with van der Waals surface area (Å²) < 4.78 is 11.4. The Bertz CT molecular complexity index is 619. The van der Waals surface area contributed by atoms with E-state index in [9.17, 15) is 9.59 Å². The second-order valence-corrected chi connectivity index (χ2v) is 7.94. The maximum atomic E-state index is 12.6. The van der Waals surface area contributed by atoms with E-state index in [0.29, 0.717) is 46.0 Å². The summed E-state index contributed by atoms with van der Waals surface area (Å²) in [6, 6.07) is 1.88. The van der Waals surface area contributed by atoms with Gasteiger partial charge in [-0.3, -0.25) is 9.59 Å². The zero-order valence-corrected chi connectivity index (χ0v) is 15.1. The van der Waals surface area contributed by atoms with Gasteiger partial charge in [0.05, 0.1) is 36.8 Å². The summed E-state index contributed by atoms with van der Waals surface area (Å²) in [5, 5.41) is 3.83. The second-order valence-electron chi connectivity index (χ2n) is 7.16. The predicted molar refractivity (Wildman–Crippen MR) is 93.6 cm³/mol. The predicted octanol–water partition coefficient (Wildman–Crippen LogP) is 1.62. The Hall–Kier alpha value is -1.44. The van der Waals surface area contributed by atoms with Crippen LogP contribution in [-0.2, 0) is 14.3 Å². The molecule has 6 nitrogen and oxygen atoms in total. The maximum Gasteiger partial charge on any atom is 0.254 e. The number of nitrogens with zero attached hydrogens (tertiary/aromatic N) is 2. The number of hydrogen-bond donors (Lipinski definition) is 0. The zero-order chi connectivity index (χ0) is 17.3. The molecule has 3 fully saturated rings. The van der Waals surface area contributed by atoms with Crippen molar-refractivity contribution in [2.75, 3.05) is 46.0 Å². The number of thiophene rings is 1. The van der Waals surface area contributed by atoms with Crippen molar-refractivity contribution in [1.29, 1.82) is 0 Å². The van der Waals surface area contributed by atoms with Gasteiger partial charge in [0.25, 0.3) is 5.91 Å². The van der Waals surface area contributed by atoms with Crippen molar-refractivity contribution in [3.05, 3.63) is 22.4 Å². The molecular formula is C18H24N2O4S. The van der Waals surface area contributed by atoms with Gasteiger partial charge >= 0.3 is 0 Å². The van der Waals surface area contributed by atoms with Crippen LogP contribution in [0.25, 0.3) is 0 Å². The lowest BCUT2D eigenvalue weighted by molar-refractivity contribution is -0.150. The molecule has 0 saturated carbocycles. The molecule has 1 aromatic rings. The first kappa shape index (κ1) is 17.0. The van der Waals surface area contributed by atoms with Crippen molar-refractivity contribution >= 4 is 23.2 Å². The van der Waals surface area contributed by atoms with Gasteiger partial charge in [-0.2, -0.15) is 11.3 Å². The molecule has 3 aliphatic rings. The van der Waals surface area contributed by atoms with E-state index in [4.69, 9.17) is 9.47 Å². The third-order valence-corrected chi connectivity index (χ3v) is 6.25. The molecule has 0 aliphatic carbocycles. The Morgan fingerprint density at radius 3 is 2.68 bits per heavy atom. The minimum atomic E-state index is -0.299. The van der Waals surface area contributed by atoms with Crippen molar-refractivity contribution in [2.45, 2.75) is 24.9 Å². The molecule has 7 heteroatoms. The normalized spacial score (nSPS) is 26.2. The standard InChI is InChI=1S/C18H24N2O4S/c21-16(14-1-8-23-11-14)19-5-3-18(4-6-19)13-20(7-9-24-18)17(22)15-2-10-25-12-15/h2,10,12,14H,1,3-9,11,13H2. The molecule has 0 aromatic carbocycles. The van der Waals surface area contributed by atoms with Crippen molar-refractivity contribution in [3.8, 4) is 0 Å². The number of amides is 2. The SMILES string of the molecule is O=C(c1ccsc1)N1CCOC2(CCN(C(=O)C3CCOC3)CC2)C1. The number of likely N-dealkylation sites (tertiary alicyclic amines) is 1. The first-order valence-electron chi connectivity index (χ1n) is 8.99. The molecule has 4 heterocycles. The van der Waals surface area contributed by atoms with E-state index in [1.165, 1.54) is 0 Å². The van der Waals surface area contributed by atoms with E-state index in [2.05, 4.69) is 0 Å². The highest BCUT2D eigenvalue weighted by Crippen LogP contribution is 2.32. The average Bonchev–Trinajstić information content (AvgIpc) is 3.35. The Morgan fingerprint density at radius 1 is 1.16 bits per heavy atom. The van der Waals surface area contributed by atoms with E-state index in [-0.39, 0.29) is 23.3 Å². The Morgan fingerprint density at radius 2 is 2.00 bits per heavy atom. The van der Waals surface area contributed by atoms with Gasteiger partial charge in [-0.05, 0) is 30.7 Å². The molecule has 0 N–H and O–H groups in total. The topological polar surface area (TPSA) is 59.1 Å². The molecule has 4 rings (SSSR count). The Kier molecular flexibility index (Phi) is 4.80. The summed E-state index contributed by atoms with van der Waals surface area (Å²) in [6.07, 6.45) is 2.42. The van der Waals surface area contributed by atoms with Crippen LogP contribution in [0, 0.1) is 5.92 Å². The summed E-state index contributed by atoms with van der Waals surface area (Å²) in [6.45, 7) is 4.48. The van der Waals surface area contributed by atoms with E-state index in [0.717, 1.165) is 24.8 Å². The van der Waals surface area contributed by atoms with Gasteiger partial charge in [0.15, 0.2) is 0 Å². The lowest BCUT2D eigenvalue weighted by atomic mass is 9.88. The van der Waals surface area contributed by atoms with Crippen LogP contribution in [0.1, 0.15) is 29.6 Å². The zero-order valence-electron chi connectivity index (χ0n) is 14.3. The van der Waals surface area contributed by atoms with Crippen LogP contribution in [0.5, 0.6) is 0 Å². The fraction of sp³-hybridized carbons (Fsp3) is 0.667. The molecule has 3 saturated heterocycles. The minimum absolute atomic E-state index is 0.0259. The van der Waals surface area contributed by atoms with E-state index < -0.39 is 0 Å². The lowest BCUT2D eigenvalue weighted by Crippen LogP contribution is -2.59. The molecule has 1 atom stereocenters. The maximum absolute atomic E-state index is 12.6. The van der Waals surface area contributed by atoms with Crippen molar-refractivity contribution in [1.82, 2.24) is 9.80 Å². The molecular weight excluding hydrogens is 340 g/mol. The van der Waals surface area contributed by atoms with E-state index >= 15 is 0 Å². The molecule has 1 unspecified atom stereocenters. The highest BCUT2D eigenvalue weighted by atomic mass is 32.1. The fourth-order valence-electron chi connectivity index (χ4n) is 4.01. The van der Waals surface area contributed by atoms with Gasteiger partial charge in [-0.15, -0.1) is 0 Å². The monoisotopic (exact) mass is 364 g/mol. The summed E-state index contributed by atoms with van der Waals surface area (Å²) in [4.78, 5) is 29.0. The van der Waals surface area contributed by atoms with Crippen LogP contribution in [-0.4, -0.2) is 73.2 Å². The molecule has 1 aromatic heterocycles. The van der Waals surface area contributed by atoms with Gasteiger partial charge in [0.2, 0.25) is 5.91 Å². The van der Waals surface area contributed by atoms with Crippen LogP contribution >= 0.6 is 11.3 Å². The Labute approximate surface area is 151 Å². The summed E-state index contributed by atoms with van der Waals surface area (Å²) >= 11 is 1.54. The minimum Gasteiger partial charge on any atom is -0.381 e. The number of rotatable bonds is 2. The quantitative estimate of drug-likeness (QED) is 0.800. The van der Waals surface area contributed by atoms with E-state index in [1.807, 2.05) is 26.6 Å². The third kappa shape index (κ3) is 3.45. The van der Waals surface area contributed by atoms with Crippen molar-refractivity contribution in [2.24, 2.45) is 5.92 Å². The van der Waals surface area contributed by atoms with Gasteiger partial charge < -0.3 is 19.3 Å². The Balaban J connectivity index is 1.36. The third-order valence-electron chi connectivity index (χ3n) is 5.57. The fourth-order valence-corrected chi connectivity index (χ4v) is 4.64. The molecule has 1 spiro atoms. The molecule has 2 amide bonds. The number of ether oxygens (including phenoxy) is 2. The number of carbonyl (C=O) groups excluding carboxylic acids is 2. The first-order valence-corrected chi connectivity index (χ1v) is 9.93. The number of carbonyl (C=O) groups is 2. The van der Waals surface area contributed by atoms with Crippen molar-refractivity contribution in [3.63, 3.8) is 0 Å². The van der Waals surface area contributed by atoms with Gasteiger partial charge in [0.1, 0.15) is 0 Å². The molecule has 0 radical (unpaired) electrons. The molecule has 3 aliphatic heterocycles. The van der Waals surface area contributed by atoms with Gasteiger partial charge in [-0.25, -0.2) is 0 Å². The molecule has 0 bridgehead atoms. The highest BCUT2D eigenvalue weighted by Gasteiger charge is 2.42. The molecule has 136 valence electrons. The summed E-state index contributed by atoms with van der Waals surface area (Å²) in [7, 11) is 0. The van der Waals surface area contributed by atoms with Crippen molar-refractivity contribution < 1.29 is 19.1 Å². The smallest absolute Gasteiger partial charge is 0.254 e. The van der Waals surface area contributed by atoms with Gasteiger partial charge in [0, 0.05) is 31.6 Å². The lowest BCUT2D eigenvalue weighted by Gasteiger charge is -2.47. The van der Waals surface area contributed by atoms with Crippen LogP contribution in [0.2, 0.25) is 0 Å². The molecule has 25 heavy (non-hydrogen) atoms. The van der Waals surface area contributed by atoms with Crippen LogP contribution in [0.4, 0.5) is 0 Å². The largest absolute Gasteiger partial charge is 0.381 e. The number of hydrogen-bond acceptors (Lipinski definition) is 5. The summed E-state index contributed by atoms with van der Waals surface area (Å²) in [5.41, 5.74) is 0.461. The summed E-state index contributed by atoms with van der Waals surface area (Å²) in [5.74, 6) is 0.331. The highest BCUT2D eigenvalue weighted by molar-refractivity contribution is 7.08. The second kappa shape index (κ2) is 7.05. The van der Waals surface area contributed by atoms with Crippen LogP contribution < -0.4 is 0 Å².